The fourth-order valence-electron chi connectivity index (χ4n) is 1.62. The Bertz CT molecular complexity index is 510. The zero-order chi connectivity index (χ0) is 12.1. The molecule has 5 heteroatoms. The first-order chi connectivity index (χ1) is 8.27. The number of nitrogens with zero attached hydrogens (tertiary/aromatic N) is 1. The van der Waals surface area contributed by atoms with Crippen molar-refractivity contribution in [3.05, 3.63) is 24.3 Å². The fraction of sp³-hybridized carbons (Fsp3) is 0.333. The highest BCUT2D eigenvalue weighted by molar-refractivity contribution is 7.11. The van der Waals surface area contributed by atoms with E-state index in [4.69, 9.17) is 5.11 Å². The van der Waals surface area contributed by atoms with Gasteiger partial charge < -0.3 is 10.4 Å². The monoisotopic (exact) mass is 250 g/mol. The van der Waals surface area contributed by atoms with Gasteiger partial charge in [0.1, 0.15) is 5.00 Å². The summed E-state index contributed by atoms with van der Waals surface area (Å²) < 4.78 is 4.33. The Morgan fingerprint density at radius 2 is 2.18 bits per heavy atom. The number of aromatic nitrogens is 1. The van der Waals surface area contributed by atoms with Crippen LogP contribution in [0.25, 0.3) is 10.9 Å². The summed E-state index contributed by atoms with van der Waals surface area (Å²) in [7, 11) is 0. The quantitative estimate of drug-likeness (QED) is 0.774. The molecule has 0 bridgehead atoms. The van der Waals surface area contributed by atoms with Crippen LogP contribution in [0.1, 0.15) is 19.3 Å². The van der Waals surface area contributed by atoms with Gasteiger partial charge in [0.05, 0.1) is 5.52 Å². The van der Waals surface area contributed by atoms with E-state index in [9.17, 15) is 4.79 Å². The number of fused-ring (bicyclic) bond motifs is 1. The van der Waals surface area contributed by atoms with Crippen molar-refractivity contribution in [2.45, 2.75) is 19.3 Å². The van der Waals surface area contributed by atoms with Gasteiger partial charge in [-0.3, -0.25) is 4.79 Å². The van der Waals surface area contributed by atoms with Gasteiger partial charge >= 0.3 is 5.97 Å². The molecule has 0 saturated carbocycles. The van der Waals surface area contributed by atoms with Crippen LogP contribution in [0.5, 0.6) is 0 Å². The minimum atomic E-state index is -0.728. The summed E-state index contributed by atoms with van der Waals surface area (Å²) in [6.45, 7) is 0.791. The van der Waals surface area contributed by atoms with E-state index in [1.54, 1.807) is 0 Å². The van der Waals surface area contributed by atoms with Crippen LogP contribution in [0.15, 0.2) is 24.3 Å². The predicted molar refractivity (Wildman–Crippen MR) is 69.6 cm³/mol. The number of carbonyl (C=O) groups is 1. The lowest BCUT2D eigenvalue weighted by molar-refractivity contribution is -0.137. The molecule has 0 atom stereocenters. The zero-order valence-corrected chi connectivity index (χ0v) is 10.2. The minimum Gasteiger partial charge on any atom is -0.481 e. The Morgan fingerprint density at radius 1 is 1.35 bits per heavy atom. The van der Waals surface area contributed by atoms with Crippen molar-refractivity contribution in [3.8, 4) is 0 Å². The molecule has 1 heterocycles. The summed E-state index contributed by atoms with van der Waals surface area (Å²) in [5.74, 6) is -0.728. The van der Waals surface area contributed by atoms with Crippen LogP contribution in [0.4, 0.5) is 5.00 Å². The van der Waals surface area contributed by atoms with Crippen LogP contribution < -0.4 is 5.32 Å². The lowest BCUT2D eigenvalue weighted by Crippen LogP contribution is -2.02. The van der Waals surface area contributed by atoms with Gasteiger partial charge in [0, 0.05) is 18.4 Å². The first kappa shape index (κ1) is 11.9. The van der Waals surface area contributed by atoms with Gasteiger partial charge in [0.15, 0.2) is 0 Å². The van der Waals surface area contributed by atoms with Crippen molar-refractivity contribution in [1.29, 1.82) is 0 Å². The Morgan fingerprint density at radius 3 is 3.00 bits per heavy atom. The fourth-order valence-corrected chi connectivity index (χ4v) is 2.41. The topological polar surface area (TPSA) is 62.2 Å². The number of carboxylic acid groups (broad SMARTS) is 1. The molecule has 1 aromatic carbocycles. The third kappa shape index (κ3) is 3.17. The third-order valence-electron chi connectivity index (χ3n) is 2.49. The normalized spacial score (nSPS) is 10.6. The summed E-state index contributed by atoms with van der Waals surface area (Å²) in [5, 5.41) is 14.0. The van der Waals surface area contributed by atoms with Crippen molar-refractivity contribution in [1.82, 2.24) is 4.37 Å². The molecule has 0 unspecified atom stereocenters. The highest BCUT2D eigenvalue weighted by Crippen LogP contribution is 2.27. The van der Waals surface area contributed by atoms with Gasteiger partial charge in [-0.2, -0.15) is 4.37 Å². The molecule has 1 aromatic heterocycles. The van der Waals surface area contributed by atoms with Crippen LogP contribution in [0.3, 0.4) is 0 Å². The number of carboxylic acids is 1. The molecule has 0 spiro atoms. The number of hydrogen-bond acceptors (Lipinski definition) is 4. The van der Waals surface area contributed by atoms with E-state index in [0.717, 1.165) is 28.9 Å². The molecule has 2 rings (SSSR count). The SMILES string of the molecule is O=C(O)CCCCNc1snc2ccccc12. The van der Waals surface area contributed by atoms with Gasteiger partial charge in [0.2, 0.25) is 0 Å². The summed E-state index contributed by atoms with van der Waals surface area (Å²) in [4.78, 5) is 10.3. The standard InChI is InChI=1S/C12H14N2O2S/c15-11(16)7-3-4-8-13-12-9-5-1-2-6-10(9)14-17-12/h1-2,5-6,13H,3-4,7-8H2,(H,15,16). The molecule has 17 heavy (non-hydrogen) atoms. The molecule has 2 N–H and O–H groups in total. The molecule has 0 saturated heterocycles. The molecule has 4 nitrogen and oxygen atoms in total. The second-order valence-electron chi connectivity index (χ2n) is 3.81. The molecule has 0 fully saturated rings. The zero-order valence-electron chi connectivity index (χ0n) is 9.35. The molecule has 0 aliphatic carbocycles. The van der Waals surface area contributed by atoms with Crippen molar-refractivity contribution < 1.29 is 9.90 Å². The van der Waals surface area contributed by atoms with Crippen molar-refractivity contribution in [3.63, 3.8) is 0 Å². The Hall–Kier alpha value is -1.62. The number of benzene rings is 1. The Kier molecular flexibility index (Phi) is 3.93. The summed E-state index contributed by atoms with van der Waals surface area (Å²) >= 11 is 1.45. The van der Waals surface area contributed by atoms with Crippen LogP contribution in [0, 0.1) is 0 Å². The van der Waals surface area contributed by atoms with E-state index in [1.807, 2.05) is 24.3 Å². The van der Waals surface area contributed by atoms with E-state index >= 15 is 0 Å². The Balaban J connectivity index is 1.85. The van der Waals surface area contributed by atoms with Crippen LogP contribution in [-0.4, -0.2) is 22.0 Å². The maximum Gasteiger partial charge on any atom is 0.303 e. The van der Waals surface area contributed by atoms with Crippen LogP contribution in [-0.2, 0) is 4.79 Å². The van der Waals surface area contributed by atoms with Crippen molar-refractivity contribution >= 4 is 33.4 Å². The lowest BCUT2D eigenvalue weighted by atomic mass is 10.2. The second-order valence-corrected chi connectivity index (χ2v) is 4.58. The average Bonchev–Trinajstić information content (AvgIpc) is 2.72. The van der Waals surface area contributed by atoms with E-state index in [2.05, 4.69) is 9.69 Å². The third-order valence-corrected chi connectivity index (χ3v) is 3.32. The van der Waals surface area contributed by atoms with Crippen LogP contribution >= 0.6 is 11.5 Å². The minimum absolute atomic E-state index is 0.241. The van der Waals surface area contributed by atoms with E-state index in [0.29, 0.717) is 6.42 Å². The van der Waals surface area contributed by atoms with Gasteiger partial charge in [0.25, 0.3) is 0 Å². The summed E-state index contributed by atoms with van der Waals surface area (Å²) in [6, 6.07) is 7.99. The Labute approximate surface area is 103 Å². The molecule has 0 aliphatic rings. The molecule has 0 aliphatic heterocycles. The smallest absolute Gasteiger partial charge is 0.303 e. The van der Waals surface area contributed by atoms with Crippen LogP contribution in [0.2, 0.25) is 0 Å². The largest absolute Gasteiger partial charge is 0.481 e. The number of anilines is 1. The molecular formula is C12H14N2O2S. The van der Waals surface area contributed by atoms with E-state index in [1.165, 1.54) is 11.5 Å². The van der Waals surface area contributed by atoms with E-state index < -0.39 is 5.97 Å². The average molecular weight is 250 g/mol. The summed E-state index contributed by atoms with van der Waals surface area (Å²) in [6.07, 6.45) is 1.81. The molecule has 0 amide bonds. The maximum absolute atomic E-state index is 10.3. The van der Waals surface area contributed by atoms with Gasteiger partial charge in [-0.15, -0.1) is 0 Å². The van der Waals surface area contributed by atoms with Gasteiger partial charge in [-0.05, 0) is 36.5 Å². The molecule has 2 aromatic rings. The first-order valence-electron chi connectivity index (χ1n) is 5.57. The number of nitrogens with one attached hydrogen (secondary N) is 1. The number of unbranched alkanes of at least 4 members (excludes halogenated alkanes) is 1. The summed E-state index contributed by atoms with van der Waals surface area (Å²) in [5.41, 5.74) is 1.01. The van der Waals surface area contributed by atoms with E-state index in [-0.39, 0.29) is 6.42 Å². The number of hydrogen-bond donors (Lipinski definition) is 2. The molecule has 90 valence electrons. The number of rotatable bonds is 6. The van der Waals surface area contributed by atoms with Crippen molar-refractivity contribution in [2.24, 2.45) is 0 Å². The highest BCUT2D eigenvalue weighted by Gasteiger charge is 2.04. The molecular weight excluding hydrogens is 236 g/mol. The number of aliphatic carboxylic acids is 1. The van der Waals surface area contributed by atoms with Gasteiger partial charge in [-0.1, -0.05) is 12.1 Å². The maximum atomic E-state index is 10.3. The highest BCUT2D eigenvalue weighted by atomic mass is 32.1. The molecule has 0 radical (unpaired) electrons. The second kappa shape index (κ2) is 5.63. The van der Waals surface area contributed by atoms with Crippen molar-refractivity contribution in [2.75, 3.05) is 11.9 Å². The first-order valence-corrected chi connectivity index (χ1v) is 6.35. The van der Waals surface area contributed by atoms with Gasteiger partial charge in [-0.25, -0.2) is 0 Å². The lowest BCUT2D eigenvalue weighted by Gasteiger charge is -2.02. The predicted octanol–water partition coefficient (Wildman–Crippen LogP) is 2.96.